The van der Waals surface area contributed by atoms with Gasteiger partial charge in [0, 0.05) is 24.9 Å². The molecular formula is C13H13ClN4O3. The summed E-state index contributed by atoms with van der Waals surface area (Å²) >= 11 is 5.95. The van der Waals surface area contributed by atoms with E-state index in [1.165, 1.54) is 18.2 Å². The summed E-state index contributed by atoms with van der Waals surface area (Å²) in [5, 5.41) is 14.0. The normalized spacial score (nSPS) is 10.2. The third kappa shape index (κ3) is 3.57. The van der Waals surface area contributed by atoms with Gasteiger partial charge in [0.15, 0.2) is 5.82 Å². The number of nitro benzene ring substituents is 1. The molecule has 0 atom stereocenters. The zero-order valence-corrected chi connectivity index (χ0v) is 12.2. The highest BCUT2D eigenvalue weighted by Gasteiger charge is 2.18. The molecule has 7 nitrogen and oxygen atoms in total. The van der Waals surface area contributed by atoms with Gasteiger partial charge in [0.1, 0.15) is 12.4 Å². The first-order valence-corrected chi connectivity index (χ1v) is 6.47. The second-order valence-corrected chi connectivity index (χ2v) is 4.60. The number of nitrogens with zero attached hydrogens (tertiary/aromatic N) is 3. The summed E-state index contributed by atoms with van der Waals surface area (Å²) in [6.07, 6.45) is 0. The SMILES string of the molecule is CNc1cc(C)nc(COc2c(Cl)cccc2[N+](=O)[O-])n1. The lowest BCUT2D eigenvalue weighted by Crippen LogP contribution is -2.06. The van der Waals surface area contributed by atoms with E-state index in [9.17, 15) is 10.1 Å². The molecule has 0 unspecified atom stereocenters. The predicted molar refractivity (Wildman–Crippen MR) is 78.8 cm³/mol. The molecule has 1 N–H and O–H groups in total. The maximum absolute atomic E-state index is 11.0. The smallest absolute Gasteiger partial charge is 0.312 e. The van der Waals surface area contributed by atoms with Gasteiger partial charge in [0.25, 0.3) is 0 Å². The Kier molecular flexibility index (Phi) is 4.54. The molecule has 1 aromatic carbocycles. The Labute approximate surface area is 126 Å². The molecular weight excluding hydrogens is 296 g/mol. The molecule has 2 rings (SSSR count). The molecule has 0 bridgehead atoms. The first-order valence-electron chi connectivity index (χ1n) is 6.09. The summed E-state index contributed by atoms with van der Waals surface area (Å²) in [7, 11) is 1.74. The summed E-state index contributed by atoms with van der Waals surface area (Å²) in [6.45, 7) is 1.81. The molecule has 0 radical (unpaired) electrons. The van der Waals surface area contributed by atoms with Crippen LogP contribution in [-0.2, 0) is 6.61 Å². The van der Waals surface area contributed by atoms with Crippen molar-refractivity contribution in [2.75, 3.05) is 12.4 Å². The summed E-state index contributed by atoms with van der Waals surface area (Å²) in [4.78, 5) is 18.8. The lowest BCUT2D eigenvalue weighted by Gasteiger charge is -2.09. The van der Waals surface area contributed by atoms with Gasteiger partial charge in [-0.3, -0.25) is 10.1 Å². The molecule has 0 amide bonds. The van der Waals surface area contributed by atoms with Crippen molar-refractivity contribution in [3.63, 3.8) is 0 Å². The van der Waals surface area contributed by atoms with E-state index in [0.717, 1.165) is 5.69 Å². The number of halogens is 1. The lowest BCUT2D eigenvalue weighted by atomic mass is 10.3. The highest BCUT2D eigenvalue weighted by Crippen LogP contribution is 2.34. The van der Waals surface area contributed by atoms with E-state index < -0.39 is 4.92 Å². The quantitative estimate of drug-likeness (QED) is 0.674. The number of hydrogen-bond acceptors (Lipinski definition) is 6. The minimum Gasteiger partial charge on any atom is -0.478 e. The minimum absolute atomic E-state index is 0.0130. The number of aryl methyl sites for hydroxylation is 1. The number of benzene rings is 1. The fraction of sp³-hybridized carbons (Fsp3) is 0.231. The number of anilines is 1. The second kappa shape index (κ2) is 6.36. The average Bonchev–Trinajstić information content (AvgIpc) is 2.45. The molecule has 1 aromatic heterocycles. The molecule has 0 saturated heterocycles. The van der Waals surface area contributed by atoms with E-state index >= 15 is 0 Å². The number of nitrogens with one attached hydrogen (secondary N) is 1. The van der Waals surface area contributed by atoms with Crippen molar-refractivity contribution < 1.29 is 9.66 Å². The number of ether oxygens (including phenoxy) is 1. The van der Waals surface area contributed by atoms with Crippen molar-refractivity contribution in [2.24, 2.45) is 0 Å². The summed E-state index contributed by atoms with van der Waals surface area (Å²) in [5.74, 6) is 1.07. The fourth-order valence-electron chi connectivity index (χ4n) is 1.74. The van der Waals surface area contributed by atoms with E-state index in [1.807, 2.05) is 6.92 Å². The highest BCUT2D eigenvalue weighted by atomic mass is 35.5. The van der Waals surface area contributed by atoms with Crippen LogP contribution in [0.5, 0.6) is 5.75 Å². The van der Waals surface area contributed by atoms with Crippen LogP contribution in [0.25, 0.3) is 0 Å². The van der Waals surface area contributed by atoms with E-state index in [-0.39, 0.29) is 23.1 Å². The summed E-state index contributed by atoms with van der Waals surface area (Å²) in [6, 6.07) is 6.13. The van der Waals surface area contributed by atoms with Gasteiger partial charge in [0.05, 0.1) is 9.95 Å². The topological polar surface area (TPSA) is 90.2 Å². The van der Waals surface area contributed by atoms with Gasteiger partial charge in [-0.2, -0.15) is 0 Å². The molecule has 110 valence electrons. The number of rotatable bonds is 5. The summed E-state index contributed by atoms with van der Waals surface area (Å²) in [5.41, 5.74) is 0.575. The first-order chi connectivity index (χ1) is 10.0. The zero-order valence-electron chi connectivity index (χ0n) is 11.5. The van der Waals surface area contributed by atoms with Gasteiger partial charge in [-0.05, 0) is 13.0 Å². The molecule has 0 fully saturated rings. The summed E-state index contributed by atoms with van der Waals surface area (Å²) < 4.78 is 5.44. The van der Waals surface area contributed by atoms with Gasteiger partial charge >= 0.3 is 5.69 Å². The monoisotopic (exact) mass is 308 g/mol. The fourth-order valence-corrected chi connectivity index (χ4v) is 1.97. The molecule has 8 heteroatoms. The van der Waals surface area contributed by atoms with Gasteiger partial charge in [-0.1, -0.05) is 17.7 Å². The van der Waals surface area contributed by atoms with E-state index in [2.05, 4.69) is 15.3 Å². The molecule has 0 spiro atoms. The Morgan fingerprint density at radius 2 is 2.19 bits per heavy atom. The molecule has 21 heavy (non-hydrogen) atoms. The molecule has 0 saturated carbocycles. The molecule has 0 aliphatic heterocycles. The minimum atomic E-state index is -0.544. The van der Waals surface area contributed by atoms with E-state index in [1.54, 1.807) is 13.1 Å². The Morgan fingerprint density at radius 3 is 2.86 bits per heavy atom. The molecule has 2 aromatic rings. The zero-order chi connectivity index (χ0) is 15.4. The Morgan fingerprint density at radius 1 is 1.43 bits per heavy atom. The van der Waals surface area contributed by atoms with Crippen LogP contribution in [-0.4, -0.2) is 21.9 Å². The van der Waals surface area contributed by atoms with Crippen molar-refractivity contribution in [1.82, 2.24) is 9.97 Å². The maximum atomic E-state index is 11.0. The Hall–Kier alpha value is -2.41. The van der Waals surface area contributed by atoms with Gasteiger partial charge in [-0.25, -0.2) is 9.97 Å². The number of aromatic nitrogens is 2. The van der Waals surface area contributed by atoms with Crippen LogP contribution in [0.3, 0.4) is 0 Å². The van der Waals surface area contributed by atoms with Crippen LogP contribution in [0.1, 0.15) is 11.5 Å². The molecule has 1 heterocycles. The van der Waals surface area contributed by atoms with Gasteiger partial charge in [0.2, 0.25) is 5.75 Å². The van der Waals surface area contributed by atoms with Crippen molar-refractivity contribution in [3.8, 4) is 5.75 Å². The van der Waals surface area contributed by atoms with Crippen molar-refractivity contribution in [2.45, 2.75) is 13.5 Å². The van der Waals surface area contributed by atoms with Crippen molar-refractivity contribution >= 4 is 23.1 Å². The molecule has 0 aliphatic carbocycles. The van der Waals surface area contributed by atoms with Crippen LogP contribution in [0, 0.1) is 17.0 Å². The maximum Gasteiger partial charge on any atom is 0.312 e. The average molecular weight is 309 g/mol. The Balaban J connectivity index is 2.24. The van der Waals surface area contributed by atoms with Crippen LogP contribution in [0.2, 0.25) is 5.02 Å². The number of nitro groups is 1. The van der Waals surface area contributed by atoms with Gasteiger partial charge in [-0.15, -0.1) is 0 Å². The van der Waals surface area contributed by atoms with Crippen LogP contribution < -0.4 is 10.1 Å². The second-order valence-electron chi connectivity index (χ2n) is 4.19. The third-order valence-electron chi connectivity index (χ3n) is 2.65. The third-order valence-corrected chi connectivity index (χ3v) is 2.94. The Bertz CT molecular complexity index is 678. The molecule has 0 aliphatic rings. The predicted octanol–water partition coefficient (Wildman–Crippen LogP) is 2.97. The highest BCUT2D eigenvalue weighted by molar-refractivity contribution is 6.32. The van der Waals surface area contributed by atoms with Crippen LogP contribution in [0.15, 0.2) is 24.3 Å². The van der Waals surface area contributed by atoms with E-state index in [4.69, 9.17) is 16.3 Å². The lowest BCUT2D eigenvalue weighted by molar-refractivity contribution is -0.385. The van der Waals surface area contributed by atoms with Gasteiger partial charge < -0.3 is 10.1 Å². The van der Waals surface area contributed by atoms with Crippen molar-refractivity contribution in [3.05, 3.63) is 50.9 Å². The standard InChI is InChI=1S/C13H13ClN4O3/c1-8-6-11(15-2)17-12(16-8)7-21-13-9(14)4-3-5-10(13)18(19)20/h3-6H,7H2,1-2H3,(H,15,16,17). The van der Waals surface area contributed by atoms with E-state index in [0.29, 0.717) is 11.6 Å². The number of hydrogen-bond donors (Lipinski definition) is 1. The van der Waals surface area contributed by atoms with Crippen molar-refractivity contribution in [1.29, 1.82) is 0 Å². The van der Waals surface area contributed by atoms with Crippen LogP contribution >= 0.6 is 11.6 Å². The number of para-hydroxylation sites is 1. The van der Waals surface area contributed by atoms with Crippen LogP contribution in [0.4, 0.5) is 11.5 Å². The first kappa shape index (κ1) is 15.0. The largest absolute Gasteiger partial charge is 0.478 e.